The molecule has 0 radical (unpaired) electrons. The molecule has 2 heterocycles. The summed E-state index contributed by atoms with van der Waals surface area (Å²) in [5.41, 5.74) is 3.12. The molecule has 0 bridgehead atoms. The highest BCUT2D eigenvalue weighted by atomic mass is 35.5. The topological polar surface area (TPSA) is 60.5 Å². The summed E-state index contributed by atoms with van der Waals surface area (Å²) >= 11 is 13.4. The molecule has 3 aromatic rings. The number of benzene rings is 2. The summed E-state index contributed by atoms with van der Waals surface area (Å²) in [4.78, 5) is 21.5. The summed E-state index contributed by atoms with van der Waals surface area (Å²) in [7, 11) is 0. The number of rotatable bonds is 6. The molecule has 0 atom stereocenters. The zero-order valence-corrected chi connectivity index (χ0v) is 21.6. The van der Waals surface area contributed by atoms with E-state index in [1.54, 1.807) is 12.1 Å². The van der Waals surface area contributed by atoms with Crippen molar-refractivity contribution in [3.05, 3.63) is 75.2 Å². The maximum absolute atomic E-state index is 12.2. The quantitative estimate of drug-likeness (QED) is 0.400. The minimum absolute atomic E-state index is 0. The lowest BCUT2D eigenvalue weighted by Crippen LogP contribution is -2.46. The monoisotopic (exact) mass is 547 g/mol. The van der Waals surface area contributed by atoms with Crippen LogP contribution in [-0.4, -0.2) is 42.1 Å². The van der Waals surface area contributed by atoms with E-state index in [-0.39, 0.29) is 30.8 Å². The summed E-state index contributed by atoms with van der Waals surface area (Å²) in [6.07, 6.45) is 0. The Morgan fingerprint density at radius 3 is 2.42 bits per heavy atom. The van der Waals surface area contributed by atoms with Crippen LogP contribution in [0.4, 0.5) is 15.6 Å². The number of halogens is 4. The Kier molecular flexibility index (Phi) is 11.0. The van der Waals surface area contributed by atoms with Gasteiger partial charge in [-0.05, 0) is 29.8 Å². The summed E-state index contributed by atoms with van der Waals surface area (Å²) < 4.78 is 0. The number of piperazine rings is 1. The highest BCUT2D eigenvalue weighted by molar-refractivity contribution is 7.13. The molecule has 1 aromatic heterocycles. The molecule has 1 saturated heterocycles. The molecule has 0 spiro atoms. The van der Waals surface area contributed by atoms with Gasteiger partial charge < -0.3 is 10.2 Å². The second kappa shape index (κ2) is 13.2. The molecule has 33 heavy (non-hydrogen) atoms. The first-order valence-corrected chi connectivity index (χ1v) is 11.7. The van der Waals surface area contributed by atoms with Gasteiger partial charge in [-0.25, -0.2) is 9.78 Å². The molecule has 0 aliphatic carbocycles. The SMILES string of the molecule is Cl.Cl.O=C(NCc1ccc(Cl)c(Cl)c1)Nc1nc(CN2CCN(c3ccccc3)CC2)cs1. The summed E-state index contributed by atoms with van der Waals surface area (Å²) in [5, 5.41) is 9.15. The number of para-hydroxylation sites is 1. The molecule has 1 aliphatic rings. The van der Waals surface area contributed by atoms with Crippen molar-refractivity contribution in [1.29, 1.82) is 0 Å². The third kappa shape index (κ3) is 7.91. The Hall–Kier alpha value is -1.74. The van der Waals surface area contributed by atoms with Crippen LogP contribution in [0.25, 0.3) is 0 Å². The van der Waals surface area contributed by atoms with Gasteiger partial charge in [-0.2, -0.15) is 0 Å². The number of carbonyl (C=O) groups excluding carboxylic acids is 1. The van der Waals surface area contributed by atoms with Crippen LogP contribution < -0.4 is 15.5 Å². The first-order valence-electron chi connectivity index (χ1n) is 10.0. The number of hydrogen-bond acceptors (Lipinski definition) is 5. The summed E-state index contributed by atoms with van der Waals surface area (Å²) in [5.74, 6) is 0. The molecule has 1 aliphatic heterocycles. The number of hydrogen-bond donors (Lipinski definition) is 2. The average molecular weight is 549 g/mol. The molecule has 178 valence electrons. The van der Waals surface area contributed by atoms with Gasteiger partial charge in [-0.1, -0.05) is 47.5 Å². The van der Waals surface area contributed by atoms with Gasteiger partial charge in [0.1, 0.15) is 0 Å². The number of anilines is 2. The molecule has 1 fully saturated rings. The van der Waals surface area contributed by atoms with Gasteiger partial charge in [-0.3, -0.25) is 10.2 Å². The lowest BCUT2D eigenvalue weighted by atomic mass is 10.2. The number of urea groups is 1. The largest absolute Gasteiger partial charge is 0.369 e. The highest BCUT2D eigenvalue weighted by Gasteiger charge is 2.18. The van der Waals surface area contributed by atoms with Crippen molar-refractivity contribution in [2.24, 2.45) is 0 Å². The van der Waals surface area contributed by atoms with Gasteiger partial charge in [0, 0.05) is 50.3 Å². The van der Waals surface area contributed by atoms with Crippen molar-refractivity contribution in [3.63, 3.8) is 0 Å². The van der Waals surface area contributed by atoms with Crippen LogP contribution in [0.2, 0.25) is 10.0 Å². The number of nitrogens with one attached hydrogen (secondary N) is 2. The maximum atomic E-state index is 12.2. The van der Waals surface area contributed by atoms with Crippen molar-refractivity contribution in [3.8, 4) is 0 Å². The zero-order valence-electron chi connectivity index (χ0n) is 17.7. The van der Waals surface area contributed by atoms with Crippen LogP contribution in [0.3, 0.4) is 0 Å². The van der Waals surface area contributed by atoms with Crippen molar-refractivity contribution in [1.82, 2.24) is 15.2 Å². The Morgan fingerprint density at radius 2 is 1.73 bits per heavy atom. The first kappa shape index (κ1) is 27.5. The van der Waals surface area contributed by atoms with E-state index in [0.29, 0.717) is 21.7 Å². The zero-order chi connectivity index (χ0) is 21.6. The normalized spacial score (nSPS) is 13.6. The van der Waals surface area contributed by atoms with E-state index in [1.165, 1.54) is 17.0 Å². The Labute approximate surface area is 220 Å². The van der Waals surface area contributed by atoms with E-state index >= 15 is 0 Å². The number of aromatic nitrogens is 1. The Balaban J connectivity index is 0.00000193. The molecular formula is C22H25Cl4N5OS. The van der Waals surface area contributed by atoms with Gasteiger partial charge in [0.05, 0.1) is 15.7 Å². The molecule has 2 N–H and O–H groups in total. The standard InChI is InChI=1S/C22H23Cl2N5OS.2ClH/c23-19-7-6-16(12-20(19)24)13-25-21(30)27-22-26-17(15-31-22)14-28-8-10-29(11-9-28)18-4-2-1-3-5-18;;/h1-7,12,15H,8-11,13-14H2,(H2,25,26,27,30);2*1H. The number of amides is 2. The first-order chi connectivity index (χ1) is 15.1. The predicted octanol–water partition coefficient (Wildman–Crippen LogP) is 5.94. The fourth-order valence-corrected chi connectivity index (χ4v) is 4.46. The second-order valence-electron chi connectivity index (χ2n) is 7.30. The van der Waals surface area contributed by atoms with E-state index in [4.69, 9.17) is 23.2 Å². The van der Waals surface area contributed by atoms with Crippen LogP contribution in [0.15, 0.2) is 53.9 Å². The van der Waals surface area contributed by atoms with E-state index < -0.39 is 0 Å². The smallest absolute Gasteiger partial charge is 0.321 e. The third-order valence-corrected chi connectivity index (χ3v) is 6.63. The van der Waals surface area contributed by atoms with Crippen LogP contribution in [0.1, 0.15) is 11.3 Å². The number of carbonyl (C=O) groups is 1. The van der Waals surface area contributed by atoms with Crippen LogP contribution >= 0.6 is 59.4 Å². The minimum atomic E-state index is -0.302. The molecule has 0 unspecified atom stereocenters. The van der Waals surface area contributed by atoms with Crippen LogP contribution in [-0.2, 0) is 13.1 Å². The van der Waals surface area contributed by atoms with Crippen molar-refractivity contribution < 1.29 is 4.79 Å². The predicted molar refractivity (Wildman–Crippen MR) is 143 cm³/mol. The molecule has 4 rings (SSSR count). The van der Waals surface area contributed by atoms with Gasteiger partial charge in [-0.15, -0.1) is 36.2 Å². The number of nitrogens with zero attached hydrogens (tertiary/aromatic N) is 3. The van der Waals surface area contributed by atoms with E-state index in [9.17, 15) is 4.79 Å². The fourth-order valence-electron chi connectivity index (χ4n) is 3.44. The maximum Gasteiger partial charge on any atom is 0.321 e. The molecule has 6 nitrogen and oxygen atoms in total. The molecule has 0 saturated carbocycles. The highest BCUT2D eigenvalue weighted by Crippen LogP contribution is 2.23. The second-order valence-corrected chi connectivity index (χ2v) is 8.97. The number of thiazole rings is 1. The van der Waals surface area contributed by atoms with Gasteiger partial charge in [0.2, 0.25) is 0 Å². The Bertz CT molecular complexity index is 1030. The molecule has 2 aromatic carbocycles. The van der Waals surface area contributed by atoms with Gasteiger partial charge in [0.15, 0.2) is 5.13 Å². The fraction of sp³-hybridized carbons (Fsp3) is 0.273. The summed E-state index contributed by atoms with van der Waals surface area (Å²) in [6, 6.07) is 15.5. The minimum Gasteiger partial charge on any atom is -0.369 e. The molecular weight excluding hydrogens is 524 g/mol. The van der Waals surface area contributed by atoms with Gasteiger partial charge in [0.25, 0.3) is 0 Å². The molecule has 2 amide bonds. The van der Waals surface area contributed by atoms with Crippen LogP contribution in [0.5, 0.6) is 0 Å². The van der Waals surface area contributed by atoms with Gasteiger partial charge >= 0.3 is 6.03 Å². The van der Waals surface area contributed by atoms with Crippen molar-refractivity contribution in [2.45, 2.75) is 13.1 Å². The average Bonchev–Trinajstić information content (AvgIpc) is 3.22. The summed E-state index contributed by atoms with van der Waals surface area (Å²) in [6.45, 7) is 5.10. The lowest BCUT2D eigenvalue weighted by molar-refractivity contribution is 0.247. The van der Waals surface area contributed by atoms with Crippen molar-refractivity contribution >= 4 is 76.2 Å². The Morgan fingerprint density at radius 1 is 1.00 bits per heavy atom. The van der Waals surface area contributed by atoms with E-state index in [1.807, 2.05) is 17.5 Å². The van der Waals surface area contributed by atoms with E-state index in [2.05, 4.69) is 49.7 Å². The van der Waals surface area contributed by atoms with Crippen molar-refractivity contribution in [2.75, 3.05) is 36.4 Å². The lowest BCUT2D eigenvalue weighted by Gasteiger charge is -2.35. The molecule has 11 heteroatoms. The van der Waals surface area contributed by atoms with E-state index in [0.717, 1.165) is 44.0 Å². The van der Waals surface area contributed by atoms with Crippen LogP contribution in [0, 0.1) is 0 Å². The third-order valence-electron chi connectivity index (χ3n) is 5.09.